The summed E-state index contributed by atoms with van der Waals surface area (Å²) in [6.07, 6.45) is 1.08. The summed E-state index contributed by atoms with van der Waals surface area (Å²) in [4.78, 5) is 26.0. The number of hydrogen-bond donors (Lipinski definition) is 2. The van der Waals surface area contributed by atoms with Gasteiger partial charge in [-0.3, -0.25) is 14.5 Å². The van der Waals surface area contributed by atoms with Gasteiger partial charge in [-0.1, -0.05) is 43.7 Å². The van der Waals surface area contributed by atoms with Crippen molar-refractivity contribution in [3.8, 4) is 0 Å². The molecular formula is C22H29N3O2. The number of amides is 2. The van der Waals surface area contributed by atoms with Gasteiger partial charge in [0.05, 0.1) is 13.1 Å². The van der Waals surface area contributed by atoms with Crippen LogP contribution < -0.4 is 10.6 Å². The average molecular weight is 367 g/mol. The van der Waals surface area contributed by atoms with Crippen molar-refractivity contribution in [3.05, 3.63) is 59.7 Å². The Morgan fingerprint density at radius 1 is 0.889 bits per heavy atom. The molecule has 2 rings (SSSR count). The highest BCUT2D eigenvalue weighted by atomic mass is 16.2. The lowest BCUT2D eigenvalue weighted by Gasteiger charge is -2.16. The van der Waals surface area contributed by atoms with Gasteiger partial charge in [-0.25, -0.2) is 0 Å². The maximum Gasteiger partial charge on any atom is 0.238 e. The first-order valence-corrected chi connectivity index (χ1v) is 9.32. The van der Waals surface area contributed by atoms with E-state index in [1.165, 1.54) is 5.56 Å². The number of aryl methyl sites for hydroxylation is 1. The van der Waals surface area contributed by atoms with E-state index in [9.17, 15) is 9.59 Å². The lowest BCUT2D eigenvalue weighted by molar-refractivity contribution is -0.119. The minimum atomic E-state index is -0.146. The quantitative estimate of drug-likeness (QED) is 0.741. The fourth-order valence-electron chi connectivity index (χ4n) is 2.71. The molecule has 0 aliphatic carbocycles. The van der Waals surface area contributed by atoms with E-state index in [0.717, 1.165) is 23.4 Å². The summed E-state index contributed by atoms with van der Waals surface area (Å²) >= 11 is 0. The molecule has 5 heteroatoms. The minimum Gasteiger partial charge on any atom is -0.325 e. The number of nitrogens with zero attached hydrogens (tertiary/aromatic N) is 1. The average Bonchev–Trinajstić information content (AvgIpc) is 2.63. The van der Waals surface area contributed by atoms with Crippen molar-refractivity contribution in [2.75, 3.05) is 30.8 Å². The van der Waals surface area contributed by atoms with Crippen molar-refractivity contribution >= 4 is 23.2 Å². The summed E-state index contributed by atoms with van der Waals surface area (Å²) in [7, 11) is 1.75. The molecule has 0 fully saturated rings. The van der Waals surface area contributed by atoms with E-state index >= 15 is 0 Å². The molecule has 2 amide bonds. The van der Waals surface area contributed by atoms with Gasteiger partial charge in [-0.05, 0) is 56.1 Å². The summed E-state index contributed by atoms with van der Waals surface area (Å²) in [5, 5.41) is 5.71. The monoisotopic (exact) mass is 367 g/mol. The molecule has 0 saturated carbocycles. The van der Waals surface area contributed by atoms with Crippen molar-refractivity contribution in [1.82, 2.24) is 4.90 Å². The third-order valence-corrected chi connectivity index (χ3v) is 4.54. The van der Waals surface area contributed by atoms with E-state index in [4.69, 9.17) is 0 Å². The Kier molecular flexibility index (Phi) is 7.55. The molecule has 0 aliphatic rings. The van der Waals surface area contributed by atoms with Gasteiger partial charge < -0.3 is 10.6 Å². The van der Waals surface area contributed by atoms with Gasteiger partial charge in [0.25, 0.3) is 0 Å². The highest BCUT2D eigenvalue weighted by molar-refractivity contribution is 5.94. The molecule has 27 heavy (non-hydrogen) atoms. The zero-order chi connectivity index (χ0) is 19.8. The Labute approximate surface area is 161 Å². The summed E-state index contributed by atoms with van der Waals surface area (Å²) < 4.78 is 0. The first kappa shape index (κ1) is 20.6. The van der Waals surface area contributed by atoms with E-state index in [2.05, 4.69) is 24.5 Å². The SMILES string of the molecule is CC[C@H](C)c1ccc(NC(=O)CN(C)CC(=O)Nc2ccc(C)cc2)cc1. The molecule has 0 radical (unpaired) electrons. The zero-order valence-corrected chi connectivity index (χ0v) is 16.6. The Morgan fingerprint density at radius 3 is 1.78 bits per heavy atom. The molecule has 0 aromatic heterocycles. The second-order valence-electron chi connectivity index (χ2n) is 7.07. The van der Waals surface area contributed by atoms with Gasteiger partial charge in [0.1, 0.15) is 0 Å². The van der Waals surface area contributed by atoms with Crippen LogP contribution in [-0.4, -0.2) is 36.9 Å². The van der Waals surface area contributed by atoms with E-state index in [0.29, 0.717) is 5.92 Å². The summed E-state index contributed by atoms with van der Waals surface area (Å²) in [6, 6.07) is 15.5. The largest absolute Gasteiger partial charge is 0.325 e. The van der Waals surface area contributed by atoms with E-state index in [-0.39, 0.29) is 24.9 Å². The molecule has 2 aromatic carbocycles. The molecule has 0 unspecified atom stereocenters. The van der Waals surface area contributed by atoms with Crippen molar-refractivity contribution in [2.24, 2.45) is 0 Å². The molecule has 144 valence electrons. The van der Waals surface area contributed by atoms with Crippen LogP contribution in [0.5, 0.6) is 0 Å². The number of nitrogens with one attached hydrogen (secondary N) is 2. The Bertz CT molecular complexity index is 754. The zero-order valence-electron chi connectivity index (χ0n) is 16.6. The standard InChI is InChI=1S/C22H29N3O2/c1-5-17(3)18-8-12-20(13-9-18)24-22(27)15-25(4)14-21(26)23-19-10-6-16(2)7-11-19/h6-13,17H,5,14-15H2,1-4H3,(H,23,26)(H,24,27)/t17-/m0/s1. The fraction of sp³-hybridized carbons (Fsp3) is 0.364. The second kappa shape index (κ2) is 9.88. The number of rotatable bonds is 8. The number of hydrogen-bond acceptors (Lipinski definition) is 3. The van der Waals surface area contributed by atoms with Gasteiger partial charge in [0.2, 0.25) is 11.8 Å². The Hall–Kier alpha value is -2.66. The van der Waals surface area contributed by atoms with Crippen LogP contribution in [0.15, 0.2) is 48.5 Å². The Morgan fingerprint density at radius 2 is 1.33 bits per heavy atom. The highest BCUT2D eigenvalue weighted by Gasteiger charge is 2.11. The second-order valence-corrected chi connectivity index (χ2v) is 7.07. The fourth-order valence-corrected chi connectivity index (χ4v) is 2.71. The lowest BCUT2D eigenvalue weighted by Crippen LogP contribution is -2.36. The number of likely N-dealkylation sites (N-methyl/N-ethyl adjacent to an activating group) is 1. The van der Waals surface area contributed by atoms with Crippen molar-refractivity contribution < 1.29 is 9.59 Å². The molecule has 0 aliphatic heterocycles. The minimum absolute atomic E-state index is 0.142. The number of carbonyl (C=O) groups is 2. The molecule has 2 aromatic rings. The van der Waals surface area contributed by atoms with Crippen molar-refractivity contribution in [1.29, 1.82) is 0 Å². The predicted octanol–water partition coefficient (Wildman–Crippen LogP) is 4.02. The van der Waals surface area contributed by atoms with Crippen LogP contribution in [-0.2, 0) is 9.59 Å². The van der Waals surface area contributed by atoms with E-state index in [1.54, 1.807) is 11.9 Å². The van der Waals surface area contributed by atoms with Gasteiger partial charge in [-0.2, -0.15) is 0 Å². The third-order valence-electron chi connectivity index (χ3n) is 4.54. The van der Waals surface area contributed by atoms with Crippen molar-refractivity contribution in [3.63, 3.8) is 0 Å². The maximum absolute atomic E-state index is 12.2. The van der Waals surface area contributed by atoms with Gasteiger partial charge >= 0.3 is 0 Å². The molecule has 0 spiro atoms. The molecule has 2 N–H and O–H groups in total. The van der Waals surface area contributed by atoms with Gasteiger partial charge in [-0.15, -0.1) is 0 Å². The first-order valence-electron chi connectivity index (χ1n) is 9.32. The smallest absolute Gasteiger partial charge is 0.238 e. The van der Waals surface area contributed by atoms with Crippen LogP contribution >= 0.6 is 0 Å². The molecular weight excluding hydrogens is 338 g/mol. The molecule has 5 nitrogen and oxygen atoms in total. The number of carbonyl (C=O) groups excluding carboxylic acids is 2. The molecule has 0 bridgehead atoms. The van der Waals surface area contributed by atoms with E-state index in [1.807, 2.05) is 55.5 Å². The van der Waals surface area contributed by atoms with Crippen LogP contribution in [0.1, 0.15) is 37.3 Å². The highest BCUT2D eigenvalue weighted by Crippen LogP contribution is 2.20. The predicted molar refractivity (Wildman–Crippen MR) is 111 cm³/mol. The Balaban J connectivity index is 1.79. The molecule has 0 heterocycles. The normalized spacial score (nSPS) is 11.9. The topological polar surface area (TPSA) is 61.4 Å². The van der Waals surface area contributed by atoms with E-state index < -0.39 is 0 Å². The summed E-state index contributed by atoms with van der Waals surface area (Å²) in [5.41, 5.74) is 3.92. The van der Waals surface area contributed by atoms with Crippen LogP contribution in [0.2, 0.25) is 0 Å². The third kappa shape index (κ3) is 6.87. The van der Waals surface area contributed by atoms with Gasteiger partial charge in [0.15, 0.2) is 0 Å². The molecule has 1 atom stereocenters. The number of benzene rings is 2. The van der Waals surface area contributed by atoms with Crippen LogP contribution in [0.25, 0.3) is 0 Å². The van der Waals surface area contributed by atoms with Crippen molar-refractivity contribution in [2.45, 2.75) is 33.1 Å². The van der Waals surface area contributed by atoms with Crippen LogP contribution in [0.4, 0.5) is 11.4 Å². The van der Waals surface area contributed by atoms with Crippen LogP contribution in [0.3, 0.4) is 0 Å². The molecule has 0 saturated heterocycles. The van der Waals surface area contributed by atoms with Gasteiger partial charge in [0, 0.05) is 11.4 Å². The van der Waals surface area contributed by atoms with Crippen LogP contribution in [0, 0.1) is 6.92 Å². The number of anilines is 2. The maximum atomic E-state index is 12.2. The summed E-state index contributed by atoms with van der Waals surface area (Å²) in [6.45, 7) is 6.63. The first-order chi connectivity index (χ1) is 12.9. The summed E-state index contributed by atoms with van der Waals surface area (Å²) in [5.74, 6) is 0.219. The lowest BCUT2D eigenvalue weighted by atomic mass is 9.99.